The smallest absolute Gasteiger partial charge is 0.466 e. The molecule has 7 nitrogen and oxygen atoms in total. The molecule has 0 aliphatic rings. The topological polar surface area (TPSA) is 110 Å². The molecule has 0 atom stereocenters. The van der Waals surface area contributed by atoms with Gasteiger partial charge in [-0.1, -0.05) is 13.2 Å². The molecule has 0 amide bonds. The first-order valence-corrected chi connectivity index (χ1v) is 3.68. The minimum atomic E-state index is -1.83. The highest BCUT2D eigenvalue weighted by Crippen LogP contribution is 1.68. The number of carboxylic acid groups (broad SMARTS) is 2. The second kappa shape index (κ2) is 15.2. The molecule has 92 valence electrons. The fourth-order valence-electron chi connectivity index (χ4n) is 0.167. The number of esters is 2. The normalized spacial score (nSPS) is 6.62. The van der Waals surface area contributed by atoms with Crippen molar-refractivity contribution in [3.05, 3.63) is 25.3 Å². The molecule has 16 heavy (non-hydrogen) atoms. The first kappa shape index (κ1) is 19.3. The van der Waals surface area contributed by atoms with Crippen molar-refractivity contribution in [2.75, 3.05) is 14.2 Å². The van der Waals surface area contributed by atoms with E-state index in [2.05, 4.69) is 22.6 Å². The van der Waals surface area contributed by atoms with Gasteiger partial charge < -0.3 is 19.7 Å². The Bertz CT molecular complexity index is 220. The van der Waals surface area contributed by atoms with Gasteiger partial charge in [0, 0.05) is 12.2 Å². The minimum Gasteiger partial charge on any atom is -0.466 e. The maximum Gasteiger partial charge on any atom is 0.503 e. The number of rotatable bonds is 2. The summed E-state index contributed by atoms with van der Waals surface area (Å²) in [5.41, 5.74) is 0. The van der Waals surface area contributed by atoms with Crippen molar-refractivity contribution in [1.29, 1.82) is 0 Å². The van der Waals surface area contributed by atoms with Crippen LogP contribution < -0.4 is 0 Å². The summed E-state index contributed by atoms with van der Waals surface area (Å²) in [6.45, 7) is 6.31. The molecule has 0 aromatic carbocycles. The summed E-state index contributed by atoms with van der Waals surface area (Å²) in [5.74, 6) is -0.787. The molecular formula is C9H14O7. The van der Waals surface area contributed by atoms with Gasteiger partial charge in [-0.15, -0.1) is 0 Å². The number of carbonyl (C=O) groups is 3. The number of hydrogen-bond donors (Lipinski definition) is 2. The first-order valence-electron chi connectivity index (χ1n) is 3.68. The standard InChI is InChI=1S/2C4H6O2.CH2O3/c2*1-3-4(5)6-2;2-1(3)4/h2*3H,1H2,2H3;(H2,2,3,4). The van der Waals surface area contributed by atoms with Crippen molar-refractivity contribution in [3.8, 4) is 0 Å². The van der Waals surface area contributed by atoms with Crippen molar-refractivity contribution in [2.45, 2.75) is 0 Å². The monoisotopic (exact) mass is 234 g/mol. The lowest BCUT2D eigenvalue weighted by atomic mass is 10.7. The van der Waals surface area contributed by atoms with Crippen LogP contribution in [-0.2, 0) is 19.1 Å². The van der Waals surface area contributed by atoms with Gasteiger partial charge in [0.1, 0.15) is 0 Å². The molecule has 0 aliphatic heterocycles. The fourth-order valence-corrected chi connectivity index (χ4v) is 0.167. The van der Waals surface area contributed by atoms with Crippen molar-refractivity contribution in [1.82, 2.24) is 0 Å². The summed E-state index contributed by atoms with van der Waals surface area (Å²) >= 11 is 0. The summed E-state index contributed by atoms with van der Waals surface area (Å²) < 4.78 is 8.28. The number of ether oxygens (including phenoxy) is 2. The van der Waals surface area contributed by atoms with E-state index < -0.39 is 18.1 Å². The summed E-state index contributed by atoms with van der Waals surface area (Å²) in [4.78, 5) is 28.2. The Labute approximate surface area is 92.6 Å². The second-order valence-electron chi connectivity index (χ2n) is 1.74. The van der Waals surface area contributed by atoms with E-state index in [1.165, 1.54) is 14.2 Å². The van der Waals surface area contributed by atoms with Crippen molar-refractivity contribution in [3.63, 3.8) is 0 Å². The molecule has 0 saturated carbocycles. The van der Waals surface area contributed by atoms with Gasteiger partial charge in [0.2, 0.25) is 0 Å². The molecule has 0 heterocycles. The lowest BCUT2D eigenvalue weighted by Crippen LogP contribution is -1.91. The van der Waals surface area contributed by atoms with Crippen LogP contribution in [0.25, 0.3) is 0 Å². The van der Waals surface area contributed by atoms with Gasteiger partial charge >= 0.3 is 18.1 Å². The Hall–Kier alpha value is -2.31. The highest BCUT2D eigenvalue weighted by atomic mass is 16.6. The van der Waals surface area contributed by atoms with Crippen LogP contribution in [0.5, 0.6) is 0 Å². The lowest BCUT2D eigenvalue weighted by molar-refractivity contribution is -0.135. The van der Waals surface area contributed by atoms with Crippen LogP contribution in [0.3, 0.4) is 0 Å². The zero-order valence-electron chi connectivity index (χ0n) is 9.00. The Morgan fingerprint density at radius 3 is 1.12 bits per heavy atom. The van der Waals surface area contributed by atoms with Crippen LogP contribution in [0.1, 0.15) is 0 Å². The molecule has 2 N–H and O–H groups in total. The second-order valence-corrected chi connectivity index (χ2v) is 1.74. The molecule has 0 bridgehead atoms. The Kier molecular flexibility index (Phi) is 18.3. The largest absolute Gasteiger partial charge is 0.503 e. The Morgan fingerprint density at radius 1 is 0.938 bits per heavy atom. The highest BCUT2D eigenvalue weighted by molar-refractivity contribution is 5.81. The van der Waals surface area contributed by atoms with Gasteiger partial charge in [-0.25, -0.2) is 14.4 Å². The molecule has 0 rings (SSSR count). The van der Waals surface area contributed by atoms with Gasteiger partial charge in [-0.2, -0.15) is 0 Å². The quantitative estimate of drug-likeness (QED) is 0.539. The average Bonchev–Trinajstić information content (AvgIpc) is 2.26. The summed E-state index contributed by atoms with van der Waals surface area (Å²) in [7, 11) is 2.62. The molecule has 0 radical (unpaired) electrons. The SMILES string of the molecule is C=CC(=O)OC.C=CC(=O)OC.O=C(O)O. The molecule has 0 aromatic heterocycles. The van der Waals surface area contributed by atoms with Crippen LogP contribution >= 0.6 is 0 Å². The van der Waals surface area contributed by atoms with Crippen LogP contribution in [-0.4, -0.2) is 42.5 Å². The van der Waals surface area contributed by atoms with Gasteiger partial charge in [-0.05, 0) is 0 Å². The molecule has 0 aliphatic carbocycles. The number of hydrogen-bond acceptors (Lipinski definition) is 5. The van der Waals surface area contributed by atoms with Gasteiger partial charge in [0.25, 0.3) is 0 Å². The molecule has 0 fully saturated rings. The van der Waals surface area contributed by atoms with Crippen molar-refractivity contribution < 1.29 is 34.1 Å². The molecular weight excluding hydrogens is 220 g/mol. The van der Waals surface area contributed by atoms with E-state index in [0.29, 0.717) is 0 Å². The lowest BCUT2D eigenvalue weighted by Gasteiger charge is -1.83. The highest BCUT2D eigenvalue weighted by Gasteiger charge is 1.82. The third-order valence-corrected chi connectivity index (χ3v) is 0.736. The predicted octanol–water partition coefficient (Wildman–Crippen LogP) is 0.913. The van der Waals surface area contributed by atoms with Crippen molar-refractivity contribution >= 4 is 18.1 Å². The van der Waals surface area contributed by atoms with Crippen LogP contribution in [0.4, 0.5) is 4.79 Å². The van der Waals surface area contributed by atoms with E-state index in [1.54, 1.807) is 0 Å². The molecule has 0 saturated heterocycles. The first-order chi connectivity index (χ1) is 7.35. The van der Waals surface area contributed by atoms with E-state index >= 15 is 0 Å². The maximum atomic E-state index is 9.84. The maximum absolute atomic E-state index is 9.84. The predicted molar refractivity (Wildman–Crippen MR) is 55.1 cm³/mol. The zero-order valence-corrected chi connectivity index (χ0v) is 9.00. The molecule has 0 aromatic rings. The van der Waals surface area contributed by atoms with Gasteiger partial charge in [-0.3, -0.25) is 0 Å². The molecule has 0 unspecified atom stereocenters. The number of carbonyl (C=O) groups excluding carboxylic acids is 2. The van der Waals surface area contributed by atoms with Crippen LogP contribution in [0, 0.1) is 0 Å². The van der Waals surface area contributed by atoms with E-state index in [1.807, 2.05) is 0 Å². The van der Waals surface area contributed by atoms with E-state index in [4.69, 9.17) is 15.0 Å². The van der Waals surface area contributed by atoms with Crippen LogP contribution in [0.2, 0.25) is 0 Å². The van der Waals surface area contributed by atoms with E-state index in [9.17, 15) is 9.59 Å². The average molecular weight is 234 g/mol. The number of methoxy groups -OCH3 is 2. The Morgan fingerprint density at radius 2 is 1.12 bits per heavy atom. The summed E-state index contributed by atoms with van der Waals surface area (Å²) in [6, 6.07) is 0. The van der Waals surface area contributed by atoms with Crippen LogP contribution in [0.15, 0.2) is 25.3 Å². The van der Waals surface area contributed by atoms with Crippen molar-refractivity contribution in [2.24, 2.45) is 0 Å². The third-order valence-electron chi connectivity index (χ3n) is 0.736. The minimum absolute atomic E-state index is 0.394. The van der Waals surface area contributed by atoms with E-state index in [0.717, 1.165) is 12.2 Å². The summed E-state index contributed by atoms with van der Waals surface area (Å²) in [5, 5.41) is 13.9. The van der Waals surface area contributed by atoms with Gasteiger partial charge in [0.05, 0.1) is 14.2 Å². The van der Waals surface area contributed by atoms with E-state index in [-0.39, 0.29) is 0 Å². The third kappa shape index (κ3) is 41.3. The summed E-state index contributed by atoms with van der Waals surface area (Å²) in [6.07, 6.45) is 0.389. The molecule has 0 spiro atoms. The zero-order chi connectivity index (χ0) is 13.6. The fraction of sp³-hybridized carbons (Fsp3) is 0.222. The molecule has 7 heteroatoms. The Balaban J connectivity index is -0.000000162. The van der Waals surface area contributed by atoms with Gasteiger partial charge in [0.15, 0.2) is 0 Å².